The lowest BCUT2D eigenvalue weighted by Crippen LogP contribution is -2.70. The van der Waals surface area contributed by atoms with Gasteiger partial charge < -0.3 is 40.4 Å². The number of fused-ring (bicyclic) bond motifs is 7. The molecule has 0 aromatic heterocycles. The minimum absolute atomic E-state index is 0.0530. The fourth-order valence-electron chi connectivity index (χ4n) is 11.1. The highest BCUT2D eigenvalue weighted by molar-refractivity contribution is 6.13. The third-order valence-corrected chi connectivity index (χ3v) is 14.4. The van der Waals surface area contributed by atoms with E-state index < -0.39 is 113 Å². The molecule has 3 saturated carbocycles. The number of anilines is 1. The number of aliphatic hydroxyl groups excluding tert-OH is 2. The zero-order valence-corrected chi connectivity index (χ0v) is 36.1. The maximum Gasteiger partial charge on any atom is 0.339 e. The molecule has 8 rings (SSSR count). The third-order valence-electron chi connectivity index (χ3n) is 14.4. The summed E-state index contributed by atoms with van der Waals surface area (Å²) in [5, 5.41) is 29.8. The minimum atomic E-state index is -2.34. The first-order valence-corrected chi connectivity index (χ1v) is 21.5. The molecule has 6 aliphatic rings. The van der Waals surface area contributed by atoms with Crippen LogP contribution in [0.2, 0.25) is 0 Å². The van der Waals surface area contributed by atoms with Gasteiger partial charge in [0.25, 0.3) is 11.8 Å². The molecule has 0 bridgehead atoms. The number of hydrogen-bond acceptors (Lipinski definition) is 11. The number of alkyl halides is 2. The SMILES string of the molecule is C[C@H](NC(=O)CCN1C(=O)C=CC1=O)C(=O)N[C@@H](C)C(=O)Nc1ccc(Oc2ccc([C@@H]3OC4C[C@H]5C6C[C@H](F)C7=CC(=[OH+])C=C[C@]7(C)[C@@]6(F)[C@@H](O)C[C@]5(C)[C@]4(C(=O)CO)O3)cc2)cc1. The third kappa shape index (κ3) is 7.49. The van der Waals surface area contributed by atoms with E-state index in [1.165, 1.54) is 39.0 Å². The van der Waals surface area contributed by atoms with Gasteiger partial charge in [-0.05, 0) is 87.9 Å². The second-order valence-electron chi connectivity index (χ2n) is 18.1. The van der Waals surface area contributed by atoms with Gasteiger partial charge in [0.15, 0.2) is 23.3 Å². The van der Waals surface area contributed by atoms with Gasteiger partial charge in [0.2, 0.25) is 17.7 Å². The van der Waals surface area contributed by atoms with Gasteiger partial charge in [0, 0.05) is 65.3 Å². The maximum atomic E-state index is 17.7. The molecule has 2 unspecified atom stereocenters. The number of aliphatic hydroxyl groups is 2. The van der Waals surface area contributed by atoms with E-state index >= 15 is 8.78 Å². The van der Waals surface area contributed by atoms with Crippen LogP contribution < -0.4 is 20.7 Å². The van der Waals surface area contributed by atoms with Crippen LogP contribution >= 0.6 is 0 Å². The number of hydrogen-bond donors (Lipinski definition) is 5. The molecule has 344 valence electrons. The Labute approximate surface area is 372 Å². The lowest BCUT2D eigenvalue weighted by atomic mass is 9.44. The average molecular weight is 902 g/mol. The molecule has 4 fully saturated rings. The van der Waals surface area contributed by atoms with Crippen molar-refractivity contribution < 1.29 is 66.8 Å². The quantitative estimate of drug-likeness (QED) is 0.145. The topological polar surface area (TPSA) is 231 Å². The van der Waals surface area contributed by atoms with Gasteiger partial charge in [-0.15, -0.1) is 0 Å². The van der Waals surface area contributed by atoms with Crippen molar-refractivity contribution >= 4 is 46.8 Å². The Morgan fingerprint density at radius 1 is 0.923 bits per heavy atom. The van der Waals surface area contributed by atoms with Gasteiger partial charge in [-0.3, -0.25) is 38.5 Å². The molecular weight excluding hydrogens is 851 g/mol. The highest BCUT2D eigenvalue weighted by Crippen LogP contribution is 2.72. The molecule has 2 aromatic carbocycles. The first kappa shape index (κ1) is 45.6. The summed E-state index contributed by atoms with van der Waals surface area (Å²) in [4.78, 5) is 86.2. The van der Waals surface area contributed by atoms with Crippen LogP contribution in [0, 0.1) is 22.7 Å². The number of ketones is 2. The summed E-state index contributed by atoms with van der Waals surface area (Å²) in [5.74, 6) is -4.52. The van der Waals surface area contributed by atoms with E-state index in [9.17, 15) is 43.8 Å². The number of halogens is 2. The summed E-state index contributed by atoms with van der Waals surface area (Å²) in [6.45, 7) is 5.12. The lowest BCUT2D eigenvalue weighted by Gasteiger charge is -2.63. The first-order chi connectivity index (χ1) is 30.7. The molecule has 4 aliphatic carbocycles. The number of Topliss-reactive ketones (excluding diaryl/α,β-unsaturated/α-hetero) is 1. The smallest absolute Gasteiger partial charge is 0.339 e. The Bertz CT molecular complexity index is 2410. The summed E-state index contributed by atoms with van der Waals surface area (Å²) in [6.07, 6.45) is 0.280. The molecule has 0 spiro atoms. The van der Waals surface area contributed by atoms with Crippen LogP contribution in [-0.2, 0) is 38.2 Å². The van der Waals surface area contributed by atoms with Gasteiger partial charge in [0.1, 0.15) is 36.4 Å². The number of amides is 5. The Hall–Kier alpha value is -5.95. The van der Waals surface area contributed by atoms with E-state index in [0.717, 1.165) is 17.1 Å². The van der Waals surface area contributed by atoms with Crippen LogP contribution in [0.4, 0.5) is 14.5 Å². The number of nitrogens with zero attached hydrogens (tertiary/aromatic N) is 1. The number of imide groups is 1. The van der Waals surface area contributed by atoms with Crippen molar-refractivity contribution in [1.29, 1.82) is 0 Å². The summed E-state index contributed by atoms with van der Waals surface area (Å²) in [7, 11) is 0. The maximum absolute atomic E-state index is 17.7. The minimum Gasteiger partial charge on any atom is -0.457 e. The van der Waals surface area contributed by atoms with Crippen LogP contribution in [0.1, 0.15) is 65.2 Å². The normalized spacial score (nSPS) is 34.1. The molecule has 2 aliphatic heterocycles. The van der Waals surface area contributed by atoms with Crippen molar-refractivity contribution in [1.82, 2.24) is 15.5 Å². The molecule has 6 N–H and O–H groups in total. The van der Waals surface area contributed by atoms with E-state index in [-0.39, 0.29) is 43.6 Å². The number of carbonyl (C=O) groups is 6. The van der Waals surface area contributed by atoms with Crippen molar-refractivity contribution in [2.24, 2.45) is 22.7 Å². The highest BCUT2D eigenvalue weighted by atomic mass is 19.1. The number of carbonyl (C=O) groups excluding carboxylic acids is 7. The average Bonchev–Trinajstić information content (AvgIpc) is 3.90. The van der Waals surface area contributed by atoms with Gasteiger partial charge in [-0.25, -0.2) is 8.78 Å². The zero-order chi connectivity index (χ0) is 46.8. The number of allylic oxidation sites excluding steroid dienone is 4. The van der Waals surface area contributed by atoms with Crippen molar-refractivity contribution in [3.63, 3.8) is 0 Å². The van der Waals surface area contributed by atoms with Gasteiger partial charge in [-0.1, -0.05) is 25.1 Å². The lowest BCUT2D eigenvalue weighted by molar-refractivity contribution is -0.235. The fraction of sp³-hybridized carbons (Fsp3) is 0.468. The van der Waals surface area contributed by atoms with Gasteiger partial charge in [-0.2, -0.15) is 0 Å². The highest BCUT2D eigenvalue weighted by Gasteiger charge is 2.80. The first-order valence-electron chi connectivity index (χ1n) is 21.5. The van der Waals surface area contributed by atoms with Crippen molar-refractivity contribution in [3.05, 3.63) is 90.0 Å². The number of ether oxygens (including phenoxy) is 3. The van der Waals surface area contributed by atoms with E-state index in [4.69, 9.17) is 14.2 Å². The van der Waals surface area contributed by atoms with Crippen LogP contribution in [-0.4, -0.2) is 116 Å². The molecule has 5 amide bonds. The monoisotopic (exact) mass is 901 g/mol. The van der Waals surface area contributed by atoms with Gasteiger partial charge in [0.05, 0.1) is 12.2 Å². The Morgan fingerprint density at radius 3 is 2.20 bits per heavy atom. The predicted molar refractivity (Wildman–Crippen MR) is 227 cm³/mol. The summed E-state index contributed by atoms with van der Waals surface area (Å²) in [5.41, 5.74) is -5.96. The summed E-state index contributed by atoms with van der Waals surface area (Å²) < 4.78 is 52.7. The van der Waals surface area contributed by atoms with E-state index in [1.54, 1.807) is 55.5 Å². The molecule has 65 heavy (non-hydrogen) atoms. The van der Waals surface area contributed by atoms with Crippen LogP contribution in [0.5, 0.6) is 11.5 Å². The predicted octanol–water partition coefficient (Wildman–Crippen LogP) is 3.36. The van der Waals surface area contributed by atoms with Crippen LogP contribution in [0.25, 0.3) is 0 Å². The van der Waals surface area contributed by atoms with Gasteiger partial charge >= 0.3 is 5.78 Å². The molecule has 16 nitrogen and oxygen atoms in total. The summed E-state index contributed by atoms with van der Waals surface area (Å²) >= 11 is 0. The van der Waals surface area contributed by atoms with E-state index in [1.807, 2.05) is 0 Å². The largest absolute Gasteiger partial charge is 0.457 e. The molecule has 0 radical (unpaired) electrons. The number of rotatable bonds is 13. The van der Waals surface area contributed by atoms with E-state index in [2.05, 4.69) is 16.0 Å². The Kier molecular flexibility index (Phi) is 11.8. The summed E-state index contributed by atoms with van der Waals surface area (Å²) in [6, 6.07) is 11.1. The zero-order valence-electron chi connectivity index (χ0n) is 36.1. The fourth-order valence-corrected chi connectivity index (χ4v) is 11.1. The Morgan fingerprint density at radius 2 is 1.55 bits per heavy atom. The van der Waals surface area contributed by atoms with Crippen molar-refractivity contribution in [3.8, 4) is 11.5 Å². The molecule has 2 aromatic rings. The standard InChI is InChI=1S/C47H50F2N4O12/c1-24(50-38(58)16-18-53-39(59)13-14-40(53)60)41(61)51-25(2)42(62)52-27-7-11-30(12-8-27)63-29-9-5-26(6-10-29)43-64-37-21-31-32-20-34(48)33-19-28(55)15-17-44(33,3)46(32,49)35(56)22-45(31,4)47(37,65-43)36(57)23-54/h5-15,17,19,24-25,31-32,34-35,37,43,54,56H,16,18,20-23H2,1-4H3,(H,50,58)(H,51,61)(H,52,62)/p+1/t24-,25-,31-,32?,34-,35-,37?,43+,44-,45-,46-,47+/m0/s1. The molecule has 1 saturated heterocycles. The molecule has 12 atom stereocenters. The van der Waals surface area contributed by atoms with Crippen LogP contribution in [0.3, 0.4) is 0 Å². The van der Waals surface area contributed by atoms with E-state index in [0.29, 0.717) is 22.7 Å². The van der Waals surface area contributed by atoms with Crippen LogP contribution in [0.15, 0.2) is 84.5 Å². The number of benzene rings is 2. The second-order valence-corrected chi connectivity index (χ2v) is 18.1. The van der Waals surface area contributed by atoms with Crippen molar-refractivity contribution in [2.75, 3.05) is 18.5 Å². The second kappa shape index (κ2) is 16.8. The molecule has 18 heteroatoms. The molecule has 2 heterocycles. The van der Waals surface area contributed by atoms with Crippen molar-refractivity contribution in [2.45, 2.75) is 101 Å². The molecular formula is C47H51F2N4O12+. The Balaban J connectivity index is 0.866. The number of nitrogens with one attached hydrogen (secondary N) is 3.